The number of aromatic amines is 1. The van der Waals surface area contributed by atoms with Crippen LogP contribution in [0.1, 0.15) is 39.9 Å². The molecule has 1 amide bonds. The molecule has 0 spiro atoms. The highest BCUT2D eigenvalue weighted by Gasteiger charge is 2.25. The van der Waals surface area contributed by atoms with Crippen molar-refractivity contribution < 1.29 is 48.0 Å². The highest BCUT2D eigenvalue weighted by Crippen LogP contribution is 2.27. The average molecular weight is 662 g/mol. The van der Waals surface area contributed by atoms with Crippen LogP contribution in [0.3, 0.4) is 0 Å². The number of amides is 1. The number of halogens is 1. The molecule has 13 heteroatoms. The first-order valence-electron chi connectivity index (χ1n) is 15.2. The monoisotopic (exact) mass is 661 g/mol. The maximum absolute atomic E-state index is 14.9. The Labute approximate surface area is 275 Å². The van der Waals surface area contributed by atoms with E-state index in [-0.39, 0.29) is 68.2 Å². The van der Waals surface area contributed by atoms with Gasteiger partial charge in [0.1, 0.15) is 42.4 Å². The van der Waals surface area contributed by atoms with Crippen molar-refractivity contribution in [1.29, 1.82) is 0 Å². The van der Waals surface area contributed by atoms with Gasteiger partial charge in [-0.2, -0.15) is 0 Å². The first-order chi connectivity index (χ1) is 23.1. The molecule has 4 N–H and O–H groups in total. The molecular formula is C35H36FN3O9. The number of pyridine rings is 1. The molecule has 1 atom stereocenters. The molecule has 4 aromatic rings. The van der Waals surface area contributed by atoms with Crippen molar-refractivity contribution in [3.05, 3.63) is 101 Å². The van der Waals surface area contributed by atoms with Crippen molar-refractivity contribution in [3.8, 4) is 22.9 Å². The van der Waals surface area contributed by atoms with Gasteiger partial charge in [0.15, 0.2) is 0 Å². The Morgan fingerprint density at radius 3 is 2.46 bits per heavy atom. The Balaban J connectivity index is 1.38. The molecule has 0 radical (unpaired) electrons. The van der Waals surface area contributed by atoms with Crippen molar-refractivity contribution in [3.63, 3.8) is 0 Å². The number of hydrogen-bond acceptors (Lipinski definition) is 10. The fourth-order valence-electron chi connectivity index (χ4n) is 4.72. The van der Waals surface area contributed by atoms with Gasteiger partial charge < -0.3 is 34.7 Å². The first-order valence-corrected chi connectivity index (χ1v) is 15.2. The van der Waals surface area contributed by atoms with Crippen molar-refractivity contribution in [2.24, 2.45) is 0 Å². The third-order valence-corrected chi connectivity index (χ3v) is 7.00. The van der Waals surface area contributed by atoms with Gasteiger partial charge in [0.25, 0.3) is 5.91 Å². The first kappa shape index (κ1) is 35.5. The molecule has 0 aliphatic heterocycles. The number of nitrogens with one attached hydrogen (secondary N) is 2. The van der Waals surface area contributed by atoms with Crippen LogP contribution in [0, 0.1) is 12.7 Å². The molecule has 0 saturated heterocycles. The number of carbonyl (C=O) groups is 4. The number of H-pyrrole nitrogens is 1. The third kappa shape index (κ3) is 10.6. The van der Waals surface area contributed by atoms with Gasteiger partial charge in [-0.3, -0.25) is 19.4 Å². The molecule has 2 aromatic heterocycles. The second-order valence-electron chi connectivity index (χ2n) is 10.8. The van der Waals surface area contributed by atoms with E-state index in [4.69, 9.17) is 24.4 Å². The predicted molar refractivity (Wildman–Crippen MR) is 171 cm³/mol. The molecule has 12 nitrogen and oxygen atoms in total. The van der Waals surface area contributed by atoms with E-state index in [1.165, 1.54) is 30.6 Å². The molecule has 0 saturated carbocycles. The number of esters is 2. The summed E-state index contributed by atoms with van der Waals surface area (Å²) < 4.78 is 30.5. The molecule has 2 aromatic carbocycles. The number of benzene rings is 2. The van der Waals surface area contributed by atoms with Gasteiger partial charge in [0.2, 0.25) is 0 Å². The summed E-state index contributed by atoms with van der Waals surface area (Å²) in [6, 6.07) is 15.4. The predicted octanol–water partition coefficient (Wildman–Crippen LogP) is 3.62. The number of rotatable bonds is 17. The molecule has 0 fully saturated rings. The molecule has 252 valence electrons. The van der Waals surface area contributed by atoms with Gasteiger partial charge in [-0.15, -0.1) is 0 Å². The van der Waals surface area contributed by atoms with Crippen molar-refractivity contribution in [2.75, 3.05) is 26.4 Å². The normalized spacial score (nSPS) is 11.4. The van der Waals surface area contributed by atoms with Crippen LogP contribution in [0.2, 0.25) is 0 Å². The topological polar surface area (TPSA) is 177 Å². The summed E-state index contributed by atoms with van der Waals surface area (Å²) in [5, 5.41) is 20.3. The number of ether oxygens (including phenoxy) is 3. The van der Waals surface area contributed by atoms with Crippen molar-refractivity contribution in [2.45, 2.75) is 38.6 Å². The van der Waals surface area contributed by atoms with Gasteiger partial charge >= 0.3 is 11.9 Å². The van der Waals surface area contributed by atoms with E-state index < -0.39 is 36.3 Å². The highest BCUT2D eigenvalue weighted by molar-refractivity contribution is 5.97. The summed E-state index contributed by atoms with van der Waals surface area (Å²) in [4.78, 5) is 57.1. The van der Waals surface area contributed by atoms with Gasteiger partial charge in [-0.1, -0.05) is 35.9 Å². The minimum atomic E-state index is -1.21. The average Bonchev–Trinajstić information content (AvgIpc) is 3.57. The molecular weight excluding hydrogens is 625 g/mol. The largest absolute Gasteiger partial charge is 0.463 e. The number of ketones is 1. The third-order valence-electron chi connectivity index (χ3n) is 7.00. The van der Waals surface area contributed by atoms with Crippen LogP contribution in [-0.4, -0.2) is 76.3 Å². The lowest BCUT2D eigenvalue weighted by molar-refractivity contribution is -0.148. The van der Waals surface area contributed by atoms with E-state index in [0.29, 0.717) is 17.1 Å². The number of aliphatic hydroxyl groups excluding tert-OH is 2. The molecule has 0 unspecified atom stereocenters. The number of Topliss-reactive ketones (excluding diaryl/α,β-unsaturated/α-hetero) is 1. The summed E-state index contributed by atoms with van der Waals surface area (Å²) in [5.74, 6) is -2.28. The maximum atomic E-state index is 14.9. The van der Waals surface area contributed by atoms with Gasteiger partial charge in [0.05, 0.1) is 30.2 Å². The zero-order chi connectivity index (χ0) is 34.5. The minimum Gasteiger partial charge on any atom is -0.463 e. The standard InChI is InChI=1S/C35H36FN3O9/c1-22-3-2-4-23(15-22)16-26(42)17-24-5-6-27(19-29(24)36)48-28-9-10-37-32(20-28)31-18-25(21-38-31)34(44)39-30(35(45)47-14-12-41)7-8-33(43)46-13-11-40/h2-6,9-10,15,18-21,30,38,40-41H,7-8,11-14,16-17H2,1H3,(H,39,44)/t30-/m0/s1. The quantitative estimate of drug-likeness (QED) is 0.122. The molecule has 4 rings (SSSR count). The zero-order valence-electron chi connectivity index (χ0n) is 26.2. The Morgan fingerprint density at radius 1 is 0.938 bits per heavy atom. The van der Waals surface area contributed by atoms with E-state index in [9.17, 15) is 23.6 Å². The maximum Gasteiger partial charge on any atom is 0.328 e. The molecule has 0 bridgehead atoms. The Bertz CT molecular complexity index is 1740. The second kappa shape index (κ2) is 17.5. The zero-order valence-corrected chi connectivity index (χ0v) is 26.2. The number of carbonyl (C=O) groups excluding carboxylic acids is 4. The van der Waals surface area contributed by atoms with E-state index in [0.717, 1.165) is 11.1 Å². The molecule has 48 heavy (non-hydrogen) atoms. The van der Waals surface area contributed by atoms with E-state index >= 15 is 0 Å². The highest BCUT2D eigenvalue weighted by atomic mass is 19.1. The summed E-state index contributed by atoms with van der Waals surface area (Å²) >= 11 is 0. The summed E-state index contributed by atoms with van der Waals surface area (Å²) in [6.07, 6.45) is 2.67. The summed E-state index contributed by atoms with van der Waals surface area (Å²) in [6.45, 7) is 0.689. The Morgan fingerprint density at radius 2 is 1.71 bits per heavy atom. The number of nitrogens with zero attached hydrogens (tertiary/aromatic N) is 1. The smallest absolute Gasteiger partial charge is 0.328 e. The van der Waals surface area contributed by atoms with Crippen LogP contribution in [0.15, 0.2) is 73.1 Å². The summed E-state index contributed by atoms with van der Waals surface area (Å²) in [7, 11) is 0. The summed E-state index contributed by atoms with van der Waals surface area (Å²) in [5.41, 5.74) is 3.17. The molecule has 0 aliphatic carbocycles. The van der Waals surface area contributed by atoms with Crippen LogP contribution in [0.4, 0.5) is 4.39 Å². The lowest BCUT2D eigenvalue weighted by Crippen LogP contribution is -2.42. The number of aliphatic hydroxyl groups is 2. The second-order valence-corrected chi connectivity index (χ2v) is 10.8. The Hall–Kier alpha value is -5.40. The van der Waals surface area contributed by atoms with Gasteiger partial charge in [-0.25, -0.2) is 9.18 Å². The fraction of sp³-hybridized carbons (Fsp3) is 0.286. The van der Waals surface area contributed by atoms with Crippen LogP contribution < -0.4 is 10.1 Å². The van der Waals surface area contributed by atoms with Crippen LogP contribution in [-0.2, 0) is 36.7 Å². The number of hydrogen-bond donors (Lipinski definition) is 4. The van der Waals surface area contributed by atoms with Crippen molar-refractivity contribution >= 4 is 23.6 Å². The molecule has 2 heterocycles. The van der Waals surface area contributed by atoms with E-state index in [1.807, 2.05) is 31.2 Å². The lowest BCUT2D eigenvalue weighted by Gasteiger charge is -2.17. The van der Waals surface area contributed by atoms with E-state index in [2.05, 4.69) is 15.3 Å². The van der Waals surface area contributed by atoms with Crippen LogP contribution >= 0.6 is 0 Å². The van der Waals surface area contributed by atoms with Crippen LogP contribution in [0.5, 0.6) is 11.5 Å². The SMILES string of the molecule is Cc1cccc(CC(=O)Cc2ccc(Oc3ccnc(-c4cc(C(=O)N[C@@H](CCC(=O)OCCO)C(=O)OCCO)c[nH]4)c3)cc2F)c1. The van der Waals surface area contributed by atoms with E-state index in [1.54, 1.807) is 18.2 Å². The minimum absolute atomic E-state index is 0.0516. The van der Waals surface area contributed by atoms with Gasteiger partial charge in [0, 0.05) is 43.8 Å². The lowest BCUT2D eigenvalue weighted by atomic mass is 10.0. The fourth-order valence-corrected chi connectivity index (χ4v) is 4.72. The number of aryl methyl sites for hydroxylation is 1. The van der Waals surface area contributed by atoms with Crippen molar-refractivity contribution in [1.82, 2.24) is 15.3 Å². The molecule has 0 aliphatic rings. The number of aromatic nitrogens is 2. The van der Waals surface area contributed by atoms with Gasteiger partial charge in [-0.05, 0) is 42.7 Å². The van der Waals surface area contributed by atoms with Crippen LogP contribution in [0.25, 0.3) is 11.4 Å². The Kier molecular flexibility index (Phi) is 12.9.